The summed E-state index contributed by atoms with van der Waals surface area (Å²) in [5, 5.41) is 5.90. The van der Waals surface area contributed by atoms with E-state index < -0.39 is 0 Å². The van der Waals surface area contributed by atoms with Gasteiger partial charge < -0.3 is 15.4 Å². The highest BCUT2D eigenvalue weighted by Gasteiger charge is 2.26. The summed E-state index contributed by atoms with van der Waals surface area (Å²) in [6.07, 6.45) is 1.57. The number of anilines is 1. The molecule has 0 bridgehead atoms. The molecule has 5 heteroatoms. The van der Waals surface area contributed by atoms with E-state index in [2.05, 4.69) is 24.5 Å². The maximum Gasteiger partial charge on any atom is 0.255 e. The predicted octanol–water partition coefficient (Wildman–Crippen LogP) is 3.65. The lowest BCUT2D eigenvalue weighted by atomic mass is 9.95. The average molecular weight is 366 g/mol. The van der Waals surface area contributed by atoms with E-state index in [-0.39, 0.29) is 17.7 Å². The van der Waals surface area contributed by atoms with Crippen LogP contribution >= 0.6 is 0 Å². The fourth-order valence-corrected chi connectivity index (χ4v) is 3.06. The molecule has 2 amide bonds. The minimum atomic E-state index is -0.204. The Morgan fingerprint density at radius 3 is 2.67 bits per heavy atom. The van der Waals surface area contributed by atoms with Gasteiger partial charge in [-0.25, -0.2) is 0 Å². The van der Waals surface area contributed by atoms with Gasteiger partial charge in [0.05, 0.1) is 5.92 Å². The fraction of sp³-hybridized carbons (Fsp3) is 0.364. The number of hydrogen-bond donors (Lipinski definition) is 2. The van der Waals surface area contributed by atoms with Gasteiger partial charge in [0.2, 0.25) is 5.91 Å². The molecule has 2 N–H and O–H groups in total. The predicted molar refractivity (Wildman–Crippen MR) is 106 cm³/mol. The second-order valence-corrected chi connectivity index (χ2v) is 7.33. The van der Waals surface area contributed by atoms with Crippen LogP contribution in [0.4, 0.5) is 5.69 Å². The van der Waals surface area contributed by atoms with Crippen molar-refractivity contribution in [1.82, 2.24) is 5.32 Å². The van der Waals surface area contributed by atoms with Crippen LogP contribution in [0.15, 0.2) is 48.5 Å². The fourth-order valence-electron chi connectivity index (χ4n) is 3.06. The van der Waals surface area contributed by atoms with Crippen molar-refractivity contribution >= 4 is 17.5 Å². The molecule has 1 aliphatic rings. The largest absolute Gasteiger partial charge is 0.492 e. The third-order valence-electron chi connectivity index (χ3n) is 4.65. The van der Waals surface area contributed by atoms with Crippen LogP contribution in [-0.2, 0) is 11.2 Å². The van der Waals surface area contributed by atoms with E-state index in [4.69, 9.17) is 4.74 Å². The van der Waals surface area contributed by atoms with Crippen LogP contribution < -0.4 is 15.4 Å². The zero-order valence-electron chi connectivity index (χ0n) is 15.8. The summed E-state index contributed by atoms with van der Waals surface area (Å²) in [4.78, 5) is 24.7. The molecule has 0 unspecified atom stereocenters. The van der Waals surface area contributed by atoms with Gasteiger partial charge >= 0.3 is 0 Å². The van der Waals surface area contributed by atoms with Gasteiger partial charge in [-0.05, 0) is 54.7 Å². The molecule has 0 radical (unpaired) electrons. The van der Waals surface area contributed by atoms with Crippen LogP contribution in [0.25, 0.3) is 0 Å². The molecular formula is C22H26N2O3. The monoisotopic (exact) mass is 366 g/mol. The van der Waals surface area contributed by atoms with E-state index in [0.29, 0.717) is 36.7 Å². The van der Waals surface area contributed by atoms with Crippen molar-refractivity contribution in [3.63, 3.8) is 0 Å². The van der Waals surface area contributed by atoms with E-state index in [1.807, 2.05) is 36.4 Å². The summed E-state index contributed by atoms with van der Waals surface area (Å²) in [7, 11) is 0. The molecule has 3 rings (SSSR count). The molecule has 0 fully saturated rings. The van der Waals surface area contributed by atoms with Gasteiger partial charge in [-0.1, -0.05) is 32.0 Å². The number of rotatable bonds is 6. The third-order valence-corrected chi connectivity index (χ3v) is 4.65. The first kappa shape index (κ1) is 19.0. The van der Waals surface area contributed by atoms with Gasteiger partial charge in [-0.15, -0.1) is 0 Å². The summed E-state index contributed by atoms with van der Waals surface area (Å²) < 4.78 is 5.76. The molecule has 0 aliphatic carbocycles. The lowest BCUT2D eigenvalue weighted by Gasteiger charge is -2.25. The topological polar surface area (TPSA) is 67.4 Å². The number of nitrogens with one attached hydrogen (secondary N) is 2. The molecule has 0 saturated heterocycles. The quantitative estimate of drug-likeness (QED) is 0.820. The Morgan fingerprint density at radius 2 is 1.93 bits per heavy atom. The van der Waals surface area contributed by atoms with Gasteiger partial charge in [0.25, 0.3) is 5.91 Å². The van der Waals surface area contributed by atoms with Gasteiger partial charge in [0, 0.05) is 17.8 Å². The van der Waals surface area contributed by atoms with Gasteiger partial charge in [0.15, 0.2) is 0 Å². The first-order valence-electron chi connectivity index (χ1n) is 9.42. The summed E-state index contributed by atoms with van der Waals surface area (Å²) in [6, 6.07) is 14.6. The summed E-state index contributed by atoms with van der Waals surface area (Å²) in [6.45, 7) is 5.35. The standard InChI is InChI=1S/C22H26N2O3/c1-15(2)10-11-23-21(25)18-12-17-13-19(8-9-20(17)27-14-18)24-22(26)16-6-4-3-5-7-16/h3-9,13,15,18H,10-12,14H2,1-2H3,(H,23,25)(H,24,26)/t18-/m0/s1. The Morgan fingerprint density at radius 1 is 1.15 bits per heavy atom. The number of fused-ring (bicyclic) bond motifs is 1. The number of carbonyl (C=O) groups is 2. The maximum absolute atomic E-state index is 12.4. The lowest BCUT2D eigenvalue weighted by molar-refractivity contribution is -0.126. The van der Waals surface area contributed by atoms with Crippen molar-refractivity contribution in [2.45, 2.75) is 26.7 Å². The highest BCUT2D eigenvalue weighted by Crippen LogP contribution is 2.30. The molecule has 1 atom stereocenters. The Kier molecular flexibility index (Phi) is 6.12. The molecule has 5 nitrogen and oxygen atoms in total. The summed E-state index contributed by atoms with van der Waals surface area (Å²) in [5.74, 6) is 1.00. The van der Waals surface area contributed by atoms with Crippen molar-refractivity contribution < 1.29 is 14.3 Å². The summed E-state index contributed by atoms with van der Waals surface area (Å²) >= 11 is 0. The van der Waals surface area contributed by atoms with Gasteiger partial charge in [-0.2, -0.15) is 0 Å². The second kappa shape index (κ2) is 8.71. The molecule has 27 heavy (non-hydrogen) atoms. The highest BCUT2D eigenvalue weighted by molar-refractivity contribution is 6.04. The number of hydrogen-bond acceptors (Lipinski definition) is 3. The molecule has 0 saturated carbocycles. The smallest absolute Gasteiger partial charge is 0.255 e. The first-order valence-corrected chi connectivity index (χ1v) is 9.42. The number of amides is 2. The molecule has 0 spiro atoms. The Balaban J connectivity index is 1.63. The van der Waals surface area contributed by atoms with Crippen molar-refractivity contribution in [2.75, 3.05) is 18.5 Å². The Labute approximate surface area is 160 Å². The first-order chi connectivity index (χ1) is 13.0. The van der Waals surface area contributed by atoms with E-state index in [1.165, 1.54) is 0 Å². The molecular weight excluding hydrogens is 340 g/mol. The SMILES string of the molecule is CC(C)CCNC(=O)[C@@H]1COc2ccc(NC(=O)c3ccccc3)cc2C1. The zero-order chi connectivity index (χ0) is 19.2. The third kappa shape index (κ3) is 5.09. The van der Waals surface area contributed by atoms with E-state index >= 15 is 0 Å². The maximum atomic E-state index is 12.4. The normalized spacial score (nSPS) is 15.6. The van der Waals surface area contributed by atoms with Crippen LogP contribution in [0.3, 0.4) is 0 Å². The van der Waals surface area contributed by atoms with Gasteiger partial charge in [0.1, 0.15) is 12.4 Å². The Bertz CT molecular complexity index is 802. The van der Waals surface area contributed by atoms with Crippen LogP contribution in [0.2, 0.25) is 0 Å². The summed E-state index contributed by atoms with van der Waals surface area (Å²) in [5.41, 5.74) is 2.25. The molecule has 1 aliphatic heterocycles. The zero-order valence-corrected chi connectivity index (χ0v) is 15.8. The number of ether oxygens (including phenoxy) is 1. The van der Waals surface area contributed by atoms with E-state index in [1.54, 1.807) is 12.1 Å². The highest BCUT2D eigenvalue weighted by atomic mass is 16.5. The van der Waals surface area contributed by atoms with Crippen molar-refractivity contribution in [3.8, 4) is 5.75 Å². The minimum absolute atomic E-state index is 0.0278. The molecule has 0 aromatic heterocycles. The van der Waals surface area contributed by atoms with Crippen LogP contribution in [0.1, 0.15) is 36.2 Å². The van der Waals surface area contributed by atoms with Crippen molar-refractivity contribution in [3.05, 3.63) is 59.7 Å². The molecule has 142 valence electrons. The second-order valence-electron chi connectivity index (χ2n) is 7.33. The van der Waals surface area contributed by atoms with Crippen LogP contribution in [0, 0.1) is 11.8 Å². The van der Waals surface area contributed by atoms with Crippen molar-refractivity contribution in [2.24, 2.45) is 11.8 Å². The minimum Gasteiger partial charge on any atom is -0.492 e. The van der Waals surface area contributed by atoms with Crippen LogP contribution in [0.5, 0.6) is 5.75 Å². The number of benzene rings is 2. The average Bonchev–Trinajstić information content (AvgIpc) is 2.67. The van der Waals surface area contributed by atoms with Crippen LogP contribution in [-0.4, -0.2) is 25.0 Å². The van der Waals surface area contributed by atoms with E-state index in [9.17, 15) is 9.59 Å². The lowest BCUT2D eigenvalue weighted by Crippen LogP contribution is -2.38. The van der Waals surface area contributed by atoms with E-state index in [0.717, 1.165) is 17.7 Å². The van der Waals surface area contributed by atoms with Crippen molar-refractivity contribution in [1.29, 1.82) is 0 Å². The van der Waals surface area contributed by atoms with Gasteiger partial charge in [-0.3, -0.25) is 9.59 Å². The number of carbonyl (C=O) groups excluding carboxylic acids is 2. The molecule has 2 aromatic carbocycles. The Hall–Kier alpha value is -2.82. The molecule has 1 heterocycles. The molecule has 2 aromatic rings.